The first-order valence-corrected chi connectivity index (χ1v) is 11.5. The smallest absolute Gasteiger partial charge is 0.146 e. The van der Waals surface area contributed by atoms with Gasteiger partial charge in [0.2, 0.25) is 0 Å². The highest BCUT2D eigenvalue weighted by molar-refractivity contribution is 5.21. The normalized spacial score (nSPS) is 35.2. The number of methoxy groups -OCH3 is 1. The van der Waals surface area contributed by atoms with E-state index in [1.54, 1.807) is 7.11 Å². The third-order valence-electron chi connectivity index (χ3n) is 7.29. The van der Waals surface area contributed by atoms with E-state index in [0.717, 1.165) is 17.5 Å². The number of rotatable bonds is 9. The van der Waals surface area contributed by atoms with Crippen LogP contribution in [0.4, 0.5) is 0 Å². The largest absolute Gasteiger partial charge is 0.390 e. The van der Waals surface area contributed by atoms with E-state index in [2.05, 4.69) is 12.2 Å². The lowest BCUT2D eigenvalue weighted by atomic mass is 9.67. The fourth-order valence-electron chi connectivity index (χ4n) is 5.93. The van der Waals surface area contributed by atoms with Crippen LogP contribution in [0.25, 0.3) is 0 Å². The van der Waals surface area contributed by atoms with Crippen LogP contribution in [0.3, 0.4) is 0 Å². The Bertz CT molecular complexity index is 885. The summed E-state index contributed by atoms with van der Waals surface area (Å²) < 4.78 is 24.4. The van der Waals surface area contributed by atoms with E-state index in [9.17, 15) is 5.11 Å². The number of ether oxygens (including phenoxy) is 4. The Morgan fingerprint density at radius 2 is 1.28 bits per heavy atom. The SMILES string of the molecule is COCO[C@H]1[C@H](OCc2ccccc2)[C@H](OCc2ccccc2)[C@@H](O)[C@@H]2[C@H]1[C@@H]1C=C[C@H]2C1. The van der Waals surface area contributed by atoms with Gasteiger partial charge in [0.1, 0.15) is 19.0 Å². The summed E-state index contributed by atoms with van der Waals surface area (Å²) in [4.78, 5) is 0. The van der Waals surface area contributed by atoms with E-state index in [4.69, 9.17) is 18.9 Å². The summed E-state index contributed by atoms with van der Waals surface area (Å²) in [5.41, 5.74) is 2.16. The number of aliphatic hydroxyl groups excluding tert-OH is 1. The lowest BCUT2D eigenvalue weighted by Gasteiger charge is -2.49. The molecule has 2 saturated carbocycles. The number of hydrogen-bond acceptors (Lipinski definition) is 5. The van der Waals surface area contributed by atoms with Crippen LogP contribution in [-0.4, -0.2) is 43.4 Å². The van der Waals surface area contributed by atoms with Gasteiger partial charge in [-0.25, -0.2) is 0 Å². The van der Waals surface area contributed by atoms with E-state index < -0.39 is 18.3 Å². The second-order valence-corrected chi connectivity index (χ2v) is 9.15. The number of allylic oxidation sites excluding steroid dienone is 2. The number of fused-ring (bicyclic) bond motifs is 5. The van der Waals surface area contributed by atoms with E-state index in [1.807, 2.05) is 60.7 Å². The van der Waals surface area contributed by atoms with Crippen LogP contribution >= 0.6 is 0 Å². The van der Waals surface area contributed by atoms with Crippen molar-refractivity contribution in [2.45, 2.75) is 44.1 Å². The van der Waals surface area contributed by atoms with Gasteiger partial charge in [-0.1, -0.05) is 72.8 Å². The average Bonchev–Trinajstić information content (AvgIpc) is 3.45. The molecule has 0 aliphatic heterocycles. The molecule has 32 heavy (non-hydrogen) atoms. The second kappa shape index (κ2) is 9.86. The molecule has 2 fully saturated rings. The van der Waals surface area contributed by atoms with E-state index in [1.165, 1.54) is 0 Å². The van der Waals surface area contributed by atoms with Crippen LogP contribution in [0.2, 0.25) is 0 Å². The Balaban J connectivity index is 1.42. The zero-order valence-electron chi connectivity index (χ0n) is 18.5. The van der Waals surface area contributed by atoms with Gasteiger partial charge in [-0.2, -0.15) is 0 Å². The van der Waals surface area contributed by atoms with Crippen molar-refractivity contribution in [3.63, 3.8) is 0 Å². The van der Waals surface area contributed by atoms with Crippen molar-refractivity contribution >= 4 is 0 Å². The van der Waals surface area contributed by atoms with E-state index >= 15 is 0 Å². The first-order chi connectivity index (χ1) is 15.8. The topological polar surface area (TPSA) is 57.2 Å². The molecular formula is C27H32O5. The number of aliphatic hydroxyl groups is 1. The Morgan fingerprint density at radius 3 is 1.88 bits per heavy atom. The maximum atomic E-state index is 11.5. The monoisotopic (exact) mass is 436 g/mol. The molecule has 0 heterocycles. The number of benzene rings is 2. The van der Waals surface area contributed by atoms with Crippen molar-refractivity contribution in [1.82, 2.24) is 0 Å². The predicted molar refractivity (Wildman–Crippen MR) is 121 cm³/mol. The molecular weight excluding hydrogens is 404 g/mol. The van der Waals surface area contributed by atoms with Gasteiger partial charge in [-0.15, -0.1) is 0 Å². The first-order valence-electron chi connectivity index (χ1n) is 11.5. The van der Waals surface area contributed by atoms with Gasteiger partial charge < -0.3 is 24.1 Å². The maximum absolute atomic E-state index is 11.5. The molecule has 0 amide bonds. The lowest BCUT2D eigenvalue weighted by Crippen LogP contribution is -2.61. The van der Waals surface area contributed by atoms with Gasteiger partial charge in [0.15, 0.2) is 0 Å². The van der Waals surface area contributed by atoms with Crippen molar-refractivity contribution in [2.75, 3.05) is 13.9 Å². The zero-order chi connectivity index (χ0) is 21.9. The molecule has 170 valence electrons. The molecule has 5 rings (SSSR count). The van der Waals surface area contributed by atoms with Crippen molar-refractivity contribution in [1.29, 1.82) is 0 Å². The Hall–Kier alpha value is -2.02. The molecule has 3 aliphatic carbocycles. The summed E-state index contributed by atoms with van der Waals surface area (Å²) >= 11 is 0. The van der Waals surface area contributed by atoms with Crippen LogP contribution in [-0.2, 0) is 32.2 Å². The van der Waals surface area contributed by atoms with E-state index in [0.29, 0.717) is 25.0 Å². The highest BCUT2D eigenvalue weighted by Gasteiger charge is 2.60. The summed E-state index contributed by atoms with van der Waals surface area (Å²) in [5.74, 6) is 1.09. The molecule has 8 atom stereocenters. The molecule has 0 spiro atoms. The highest BCUT2D eigenvalue weighted by atomic mass is 16.7. The molecule has 5 heteroatoms. The average molecular weight is 437 g/mol. The standard InChI is InChI=1S/C27H32O5/c1-29-17-32-25-23-21-13-12-20(14-21)22(23)24(28)26(30-15-18-8-4-2-5-9-18)27(25)31-16-19-10-6-3-7-11-19/h2-13,20-28H,14-17H2,1H3/t20-,21+,22-,23+,24-,25+,26+,27-/m0/s1. The predicted octanol–water partition coefficient (Wildman–Crippen LogP) is 3.96. The maximum Gasteiger partial charge on any atom is 0.146 e. The number of hydrogen-bond donors (Lipinski definition) is 1. The fraction of sp³-hybridized carbons (Fsp3) is 0.481. The van der Waals surface area contributed by atoms with Crippen molar-refractivity contribution < 1.29 is 24.1 Å². The molecule has 0 radical (unpaired) electrons. The molecule has 1 N–H and O–H groups in total. The quantitative estimate of drug-likeness (QED) is 0.476. The van der Waals surface area contributed by atoms with Gasteiger partial charge in [0.05, 0.1) is 25.4 Å². The van der Waals surface area contributed by atoms with Gasteiger partial charge in [-0.3, -0.25) is 0 Å². The van der Waals surface area contributed by atoms with Crippen LogP contribution in [0.5, 0.6) is 0 Å². The molecule has 2 bridgehead atoms. The van der Waals surface area contributed by atoms with Crippen molar-refractivity contribution in [3.8, 4) is 0 Å². The highest BCUT2D eigenvalue weighted by Crippen LogP contribution is 2.55. The minimum Gasteiger partial charge on any atom is -0.390 e. The van der Waals surface area contributed by atoms with Gasteiger partial charge in [-0.05, 0) is 35.3 Å². The summed E-state index contributed by atoms with van der Waals surface area (Å²) in [6.07, 6.45) is 3.95. The van der Waals surface area contributed by atoms with Crippen molar-refractivity contribution in [2.24, 2.45) is 23.7 Å². The molecule has 0 saturated heterocycles. The van der Waals surface area contributed by atoms with Crippen LogP contribution in [0.1, 0.15) is 17.5 Å². The van der Waals surface area contributed by atoms with Gasteiger partial charge >= 0.3 is 0 Å². The minimum absolute atomic E-state index is 0.115. The molecule has 2 aromatic carbocycles. The lowest BCUT2D eigenvalue weighted by molar-refractivity contribution is -0.249. The molecule has 0 unspecified atom stereocenters. The summed E-state index contributed by atoms with van der Waals surface area (Å²) in [5, 5.41) is 11.5. The fourth-order valence-corrected chi connectivity index (χ4v) is 5.93. The third-order valence-corrected chi connectivity index (χ3v) is 7.29. The summed E-state index contributed by atoms with van der Waals surface area (Å²) in [6, 6.07) is 20.2. The van der Waals surface area contributed by atoms with Gasteiger partial charge in [0.25, 0.3) is 0 Å². The molecule has 0 aromatic heterocycles. The van der Waals surface area contributed by atoms with Gasteiger partial charge in [0, 0.05) is 13.0 Å². The molecule has 2 aromatic rings. The Labute approximate surface area is 190 Å². The van der Waals surface area contributed by atoms with Crippen LogP contribution < -0.4 is 0 Å². The Kier molecular flexibility index (Phi) is 6.72. The Morgan fingerprint density at radius 1 is 0.719 bits per heavy atom. The molecule has 3 aliphatic rings. The summed E-state index contributed by atoms with van der Waals surface area (Å²) in [7, 11) is 1.64. The minimum atomic E-state index is -0.605. The van der Waals surface area contributed by atoms with E-state index in [-0.39, 0.29) is 24.7 Å². The third kappa shape index (κ3) is 4.28. The second-order valence-electron chi connectivity index (χ2n) is 9.15. The first kappa shape index (κ1) is 21.8. The summed E-state index contributed by atoms with van der Waals surface area (Å²) in [6.45, 7) is 1.06. The van der Waals surface area contributed by atoms with Crippen LogP contribution in [0, 0.1) is 23.7 Å². The van der Waals surface area contributed by atoms with Crippen molar-refractivity contribution in [3.05, 3.63) is 83.9 Å². The molecule has 5 nitrogen and oxygen atoms in total. The van der Waals surface area contributed by atoms with Crippen LogP contribution in [0.15, 0.2) is 72.8 Å². The zero-order valence-corrected chi connectivity index (χ0v) is 18.5.